The van der Waals surface area contributed by atoms with Crippen molar-refractivity contribution in [2.45, 2.75) is 6.54 Å². The molecular formula is C13H11BrN4. The Labute approximate surface area is 113 Å². The van der Waals surface area contributed by atoms with Gasteiger partial charge < -0.3 is 5.32 Å². The zero-order valence-electron chi connectivity index (χ0n) is 9.55. The molecule has 2 aromatic heterocycles. The molecule has 18 heavy (non-hydrogen) atoms. The number of fused-ring (bicyclic) bond motifs is 1. The lowest BCUT2D eigenvalue weighted by atomic mass is 10.2. The highest BCUT2D eigenvalue weighted by Gasteiger charge is 2.03. The van der Waals surface area contributed by atoms with Crippen LogP contribution in [0.25, 0.3) is 5.65 Å². The Bertz CT molecular complexity index is 663. The highest BCUT2D eigenvalue weighted by Crippen LogP contribution is 2.17. The molecule has 5 heteroatoms. The minimum atomic E-state index is 0.760. The Morgan fingerprint density at radius 1 is 1.17 bits per heavy atom. The summed E-state index contributed by atoms with van der Waals surface area (Å²) in [7, 11) is 0. The smallest absolute Gasteiger partial charge is 0.171 e. The van der Waals surface area contributed by atoms with Crippen LogP contribution in [0, 0.1) is 0 Å². The molecular weight excluding hydrogens is 292 g/mol. The van der Waals surface area contributed by atoms with Gasteiger partial charge in [0.25, 0.3) is 0 Å². The first-order valence-corrected chi connectivity index (χ1v) is 6.40. The predicted molar refractivity (Wildman–Crippen MR) is 74.5 cm³/mol. The Morgan fingerprint density at radius 2 is 2.00 bits per heavy atom. The van der Waals surface area contributed by atoms with Crippen molar-refractivity contribution in [2.75, 3.05) is 5.32 Å². The maximum Gasteiger partial charge on any atom is 0.171 e. The largest absolute Gasteiger partial charge is 0.366 e. The second-order valence-electron chi connectivity index (χ2n) is 3.91. The molecule has 0 saturated carbocycles. The monoisotopic (exact) mass is 302 g/mol. The quantitative estimate of drug-likeness (QED) is 0.808. The molecule has 0 fully saturated rings. The molecule has 3 aromatic rings. The minimum Gasteiger partial charge on any atom is -0.366 e. The van der Waals surface area contributed by atoms with E-state index in [0.717, 1.165) is 22.5 Å². The molecule has 0 aliphatic heterocycles. The third-order valence-electron chi connectivity index (χ3n) is 2.64. The van der Waals surface area contributed by atoms with Crippen LogP contribution in [0.2, 0.25) is 0 Å². The first-order chi connectivity index (χ1) is 8.83. The molecule has 0 amide bonds. The van der Waals surface area contributed by atoms with Crippen molar-refractivity contribution in [3.63, 3.8) is 0 Å². The number of aromatic nitrogens is 3. The molecule has 1 N–H and O–H groups in total. The zero-order valence-corrected chi connectivity index (χ0v) is 11.1. The second-order valence-corrected chi connectivity index (χ2v) is 4.77. The number of nitrogens with zero attached hydrogens (tertiary/aromatic N) is 3. The van der Waals surface area contributed by atoms with Crippen LogP contribution in [0.15, 0.2) is 53.3 Å². The average Bonchev–Trinajstić information content (AvgIpc) is 2.79. The molecule has 90 valence electrons. The molecule has 0 aliphatic carbocycles. The first-order valence-electron chi connectivity index (χ1n) is 5.60. The Kier molecular flexibility index (Phi) is 2.98. The number of rotatable bonds is 3. The number of nitrogens with one attached hydrogen (secondary N) is 1. The van der Waals surface area contributed by atoms with Gasteiger partial charge in [-0.15, -0.1) is 0 Å². The van der Waals surface area contributed by atoms with Gasteiger partial charge in [-0.05, 0) is 27.6 Å². The summed E-state index contributed by atoms with van der Waals surface area (Å²) in [4.78, 5) is 4.49. The first kappa shape index (κ1) is 11.2. The van der Waals surface area contributed by atoms with Gasteiger partial charge >= 0.3 is 0 Å². The standard InChI is InChI=1S/C13H11BrN4/c14-11-9-16-18-7-6-12(17-13(11)18)15-8-10-4-2-1-3-5-10/h1-7,9H,8H2,(H,15,17). The van der Waals surface area contributed by atoms with E-state index in [2.05, 4.69) is 43.5 Å². The summed E-state index contributed by atoms with van der Waals surface area (Å²) in [6.07, 6.45) is 3.63. The van der Waals surface area contributed by atoms with Crippen molar-refractivity contribution < 1.29 is 0 Å². The SMILES string of the molecule is Brc1cnn2ccc(NCc3ccccc3)nc12. The molecule has 4 nitrogen and oxygen atoms in total. The topological polar surface area (TPSA) is 42.2 Å². The van der Waals surface area contributed by atoms with E-state index < -0.39 is 0 Å². The van der Waals surface area contributed by atoms with Crippen LogP contribution in [0.1, 0.15) is 5.56 Å². The number of hydrogen-bond donors (Lipinski definition) is 1. The van der Waals surface area contributed by atoms with Crippen molar-refractivity contribution in [1.29, 1.82) is 0 Å². The third kappa shape index (κ3) is 2.22. The summed E-state index contributed by atoms with van der Waals surface area (Å²) in [6, 6.07) is 12.1. The van der Waals surface area contributed by atoms with Gasteiger partial charge in [0.2, 0.25) is 0 Å². The van der Waals surface area contributed by atoms with Gasteiger partial charge in [-0.2, -0.15) is 5.10 Å². The van der Waals surface area contributed by atoms with Gasteiger partial charge in [0, 0.05) is 12.7 Å². The molecule has 1 aromatic carbocycles. The Morgan fingerprint density at radius 3 is 2.83 bits per heavy atom. The maximum atomic E-state index is 4.49. The fourth-order valence-electron chi connectivity index (χ4n) is 1.73. The lowest BCUT2D eigenvalue weighted by Crippen LogP contribution is -2.02. The number of hydrogen-bond acceptors (Lipinski definition) is 3. The summed E-state index contributed by atoms with van der Waals surface area (Å²) in [5.74, 6) is 0.840. The molecule has 3 rings (SSSR count). The van der Waals surface area contributed by atoms with E-state index in [9.17, 15) is 0 Å². The highest BCUT2D eigenvalue weighted by molar-refractivity contribution is 9.10. The summed E-state index contributed by atoms with van der Waals surface area (Å²) in [5, 5.41) is 7.45. The molecule has 0 spiro atoms. The van der Waals surface area contributed by atoms with Crippen LogP contribution in [0.3, 0.4) is 0 Å². The van der Waals surface area contributed by atoms with Crippen LogP contribution >= 0.6 is 15.9 Å². The fraction of sp³-hybridized carbons (Fsp3) is 0.0769. The van der Waals surface area contributed by atoms with E-state index in [-0.39, 0.29) is 0 Å². The minimum absolute atomic E-state index is 0.760. The Hall–Kier alpha value is -1.88. The average molecular weight is 303 g/mol. The van der Waals surface area contributed by atoms with Gasteiger partial charge in [0.1, 0.15) is 5.82 Å². The molecule has 0 unspecified atom stereocenters. The second kappa shape index (κ2) is 4.78. The van der Waals surface area contributed by atoms with E-state index in [0.29, 0.717) is 0 Å². The number of benzene rings is 1. The number of anilines is 1. The summed E-state index contributed by atoms with van der Waals surface area (Å²) >= 11 is 3.42. The van der Waals surface area contributed by atoms with E-state index in [1.165, 1.54) is 5.56 Å². The van der Waals surface area contributed by atoms with E-state index >= 15 is 0 Å². The lowest BCUT2D eigenvalue weighted by Gasteiger charge is -2.05. The Balaban J connectivity index is 1.80. The van der Waals surface area contributed by atoms with Gasteiger partial charge in [-0.3, -0.25) is 0 Å². The maximum absolute atomic E-state index is 4.49. The molecule has 2 heterocycles. The third-order valence-corrected chi connectivity index (χ3v) is 3.20. The van der Waals surface area contributed by atoms with Crippen molar-refractivity contribution >= 4 is 27.4 Å². The summed E-state index contributed by atoms with van der Waals surface area (Å²) < 4.78 is 2.63. The van der Waals surface area contributed by atoms with Gasteiger partial charge in [0.05, 0.1) is 10.7 Å². The summed E-state index contributed by atoms with van der Waals surface area (Å²) in [6.45, 7) is 0.760. The van der Waals surface area contributed by atoms with Gasteiger partial charge in [-0.1, -0.05) is 30.3 Å². The van der Waals surface area contributed by atoms with Crippen LogP contribution in [-0.2, 0) is 6.54 Å². The highest BCUT2D eigenvalue weighted by atomic mass is 79.9. The van der Waals surface area contributed by atoms with Crippen LogP contribution in [0.5, 0.6) is 0 Å². The van der Waals surface area contributed by atoms with Crippen molar-refractivity contribution in [3.05, 3.63) is 58.8 Å². The normalized spacial score (nSPS) is 10.7. The summed E-state index contributed by atoms with van der Waals surface area (Å²) in [5.41, 5.74) is 2.04. The van der Waals surface area contributed by atoms with Gasteiger partial charge in [0.15, 0.2) is 5.65 Å². The molecule has 0 saturated heterocycles. The molecule has 0 atom stereocenters. The van der Waals surface area contributed by atoms with Crippen molar-refractivity contribution in [3.8, 4) is 0 Å². The predicted octanol–water partition coefficient (Wildman–Crippen LogP) is 3.10. The van der Waals surface area contributed by atoms with Gasteiger partial charge in [-0.25, -0.2) is 9.50 Å². The fourth-order valence-corrected chi connectivity index (χ4v) is 2.09. The number of halogens is 1. The van der Waals surface area contributed by atoms with Crippen LogP contribution in [-0.4, -0.2) is 14.6 Å². The van der Waals surface area contributed by atoms with Crippen molar-refractivity contribution in [2.24, 2.45) is 0 Å². The van der Waals surface area contributed by atoms with E-state index in [1.54, 1.807) is 10.7 Å². The molecule has 0 bridgehead atoms. The lowest BCUT2D eigenvalue weighted by molar-refractivity contribution is 0.936. The van der Waals surface area contributed by atoms with E-state index in [4.69, 9.17) is 0 Å². The molecule has 0 radical (unpaired) electrons. The molecule has 0 aliphatic rings. The zero-order chi connectivity index (χ0) is 12.4. The van der Waals surface area contributed by atoms with E-state index in [1.807, 2.05) is 30.5 Å². The van der Waals surface area contributed by atoms with Crippen LogP contribution in [0.4, 0.5) is 5.82 Å². The van der Waals surface area contributed by atoms with Crippen LogP contribution < -0.4 is 5.32 Å². The van der Waals surface area contributed by atoms with Crippen molar-refractivity contribution in [1.82, 2.24) is 14.6 Å².